The van der Waals surface area contributed by atoms with E-state index in [2.05, 4.69) is 15.0 Å². The van der Waals surface area contributed by atoms with Gasteiger partial charge < -0.3 is 9.55 Å². The highest BCUT2D eigenvalue weighted by molar-refractivity contribution is 6.30. The van der Waals surface area contributed by atoms with Crippen LogP contribution in [0.2, 0.25) is 5.02 Å². The lowest BCUT2D eigenvalue weighted by atomic mass is 10.2. The van der Waals surface area contributed by atoms with Gasteiger partial charge in [-0.25, -0.2) is 9.97 Å². The van der Waals surface area contributed by atoms with E-state index in [1.165, 1.54) is 0 Å². The number of H-pyrrole nitrogens is 1. The molecule has 0 unspecified atom stereocenters. The Morgan fingerprint density at radius 1 is 0.958 bits per heavy atom. The molecular weight excluding hydrogens is 324 g/mol. The third kappa shape index (κ3) is 2.39. The van der Waals surface area contributed by atoms with E-state index in [1.807, 2.05) is 54.1 Å². The number of aryl methyl sites for hydroxylation is 1. The normalized spacial score (nSPS) is 11.1. The van der Waals surface area contributed by atoms with Gasteiger partial charge in [0.05, 0.1) is 0 Å². The molecule has 2 heterocycles. The summed E-state index contributed by atoms with van der Waals surface area (Å²) < 4.78 is 1.82. The molecule has 0 saturated heterocycles. The van der Waals surface area contributed by atoms with Crippen molar-refractivity contribution in [1.82, 2.24) is 19.5 Å². The van der Waals surface area contributed by atoms with Crippen molar-refractivity contribution in [3.63, 3.8) is 0 Å². The highest BCUT2D eigenvalue weighted by Crippen LogP contribution is 2.23. The van der Waals surface area contributed by atoms with Crippen molar-refractivity contribution in [1.29, 1.82) is 0 Å². The van der Waals surface area contributed by atoms with Gasteiger partial charge in [0.2, 0.25) is 0 Å². The van der Waals surface area contributed by atoms with Gasteiger partial charge in [-0.2, -0.15) is 0 Å². The number of halogens is 1. The average molecular weight is 337 g/mol. The zero-order valence-corrected chi connectivity index (χ0v) is 13.6. The SMILES string of the molecule is Cn1c(-c2ccc(Cl)cc2)nc2c(=O)[nH]c(-c3ccccc3)nc21. The fraction of sp³-hybridized carbons (Fsp3) is 0.0556. The first-order valence-electron chi connectivity index (χ1n) is 7.41. The van der Waals surface area contributed by atoms with Crippen LogP contribution >= 0.6 is 11.6 Å². The fourth-order valence-electron chi connectivity index (χ4n) is 2.66. The van der Waals surface area contributed by atoms with Crippen LogP contribution in [-0.4, -0.2) is 19.5 Å². The number of aromatic amines is 1. The summed E-state index contributed by atoms with van der Waals surface area (Å²) in [4.78, 5) is 24.3. The third-order valence-electron chi connectivity index (χ3n) is 3.88. The number of nitrogens with one attached hydrogen (secondary N) is 1. The maximum Gasteiger partial charge on any atom is 0.279 e. The molecule has 4 rings (SSSR count). The van der Waals surface area contributed by atoms with Crippen LogP contribution in [0.1, 0.15) is 0 Å². The maximum absolute atomic E-state index is 12.4. The van der Waals surface area contributed by atoms with Crippen molar-refractivity contribution < 1.29 is 0 Å². The van der Waals surface area contributed by atoms with Crippen molar-refractivity contribution in [3.8, 4) is 22.8 Å². The number of hydrogen-bond donors (Lipinski definition) is 1. The van der Waals surface area contributed by atoms with Crippen LogP contribution in [0.4, 0.5) is 0 Å². The molecule has 0 aliphatic rings. The van der Waals surface area contributed by atoms with Crippen LogP contribution in [0.25, 0.3) is 33.9 Å². The van der Waals surface area contributed by atoms with Gasteiger partial charge in [-0.05, 0) is 24.3 Å². The molecular formula is C18H13ClN4O. The summed E-state index contributed by atoms with van der Waals surface area (Å²) >= 11 is 5.94. The number of hydrogen-bond acceptors (Lipinski definition) is 3. The highest BCUT2D eigenvalue weighted by Gasteiger charge is 2.15. The molecule has 0 amide bonds. The Bertz CT molecular complexity index is 1080. The minimum absolute atomic E-state index is 0.255. The number of fused-ring (bicyclic) bond motifs is 1. The summed E-state index contributed by atoms with van der Waals surface area (Å²) in [7, 11) is 1.85. The summed E-state index contributed by atoms with van der Waals surface area (Å²) in [5.74, 6) is 1.20. The van der Waals surface area contributed by atoms with Crippen molar-refractivity contribution in [2.45, 2.75) is 0 Å². The number of nitrogens with zero attached hydrogens (tertiary/aromatic N) is 3. The summed E-state index contributed by atoms with van der Waals surface area (Å²) in [6, 6.07) is 16.9. The standard InChI is InChI=1S/C18H13ClN4O/c1-23-16(12-7-9-13(19)10-8-12)20-14-17(23)21-15(22-18(14)24)11-5-3-2-4-6-11/h2-10H,1H3,(H,21,22,24). The predicted octanol–water partition coefficient (Wildman–Crippen LogP) is 3.64. The topological polar surface area (TPSA) is 63.6 Å². The molecule has 4 aromatic rings. The van der Waals surface area contributed by atoms with Gasteiger partial charge in [0.15, 0.2) is 11.2 Å². The monoisotopic (exact) mass is 336 g/mol. The number of imidazole rings is 1. The first kappa shape index (κ1) is 14.7. The molecule has 0 atom stereocenters. The van der Waals surface area contributed by atoms with Gasteiger partial charge in [0, 0.05) is 23.2 Å². The van der Waals surface area contributed by atoms with Gasteiger partial charge >= 0.3 is 0 Å². The Morgan fingerprint density at radius 2 is 1.67 bits per heavy atom. The summed E-state index contributed by atoms with van der Waals surface area (Å²) in [5, 5.41) is 0.653. The lowest BCUT2D eigenvalue weighted by Gasteiger charge is -2.03. The van der Waals surface area contributed by atoms with Crippen LogP contribution in [0, 0.1) is 0 Å². The largest absolute Gasteiger partial charge is 0.312 e. The second-order valence-electron chi connectivity index (χ2n) is 5.45. The van der Waals surface area contributed by atoms with Crippen molar-refractivity contribution in [2.24, 2.45) is 7.05 Å². The van der Waals surface area contributed by atoms with Crippen LogP contribution in [-0.2, 0) is 7.05 Å². The summed E-state index contributed by atoms with van der Waals surface area (Å²) in [6.07, 6.45) is 0. The van der Waals surface area contributed by atoms with Crippen molar-refractivity contribution >= 4 is 22.8 Å². The average Bonchev–Trinajstić information content (AvgIpc) is 2.94. The van der Waals surface area contributed by atoms with E-state index >= 15 is 0 Å². The van der Waals surface area contributed by atoms with Crippen molar-refractivity contribution in [3.05, 3.63) is 70.0 Å². The fourth-order valence-corrected chi connectivity index (χ4v) is 2.79. The quantitative estimate of drug-likeness (QED) is 0.607. The second-order valence-corrected chi connectivity index (χ2v) is 5.89. The lowest BCUT2D eigenvalue weighted by molar-refractivity contribution is 0.939. The second kappa shape index (κ2) is 5.62. The summed E-state index contributed by atoms with van der Waals surface area (Å²) in [6.45, 7) is 0. The first-order chi connectivity index (χ1) is 11.6. The van der Waals surface area contributed by atoms with Gasteiger partial charge in [0.25, 0.3) is 5.56 Å². The van der Waals surface area contributed by atoms with Gasteiger partial charge in [0.1, 0.15) is 11.6 Å². The van der Waals surface area contributed by atoms with Gasteiger partial charge in [-0.15, -0.1) is 0 Å². The van der Waals surface area contributed by atoms with Crippen LogP contribution in [0.5, 0.6) is 0 Å². The Hall–Kier alpha value is -2.92. The molecule has 0 aliphatic carbocycles. The summed E-state index contributed by atoms with van der Waals surface area (Å²) in [5.41, 5.74) is 2.34. The van der Waals surface area contributed by atoms with E-state index in [4.69, 9.17) is 11.6 Å². The van der Waals surface area contributed by atoms with E-state index < -0.39 is 0 Å². The van der Waals surface area contributed by atoms with E-state index in [-0.39, 0.29) is 5.56 Å². The number of benzene rings is 2. The van der Waals surface area contributed by atoms with Crippen LogP contribution in [0.15, 0.2) is 59.4 Å². The maximum atomic E-state index is 12.4. The minimum atomic E-state index is -0.255. The molecule has 118 valence electrons. The Balaban J connectivity index is 1.94. The molecule has 1 N–H and O–H groups in total. The molecule has 0 fully saturated rings. The molecule has 0 saturated carbocycles. The van der Waals surface area contributed by atoms with E-state index in [0.717, 1.165) is 11.1 Å². The molecule has 2 aromatic carbocycles. The predicted molar refractivity (Wildman–Crippen MR) is 95.0 cm³/mol. The third-order valence-corrected chi connectivity index (χ3v) is 4.13. The molecule has 0 spiro atoms. The van der Waals surface area contributed by atoms with Crippen LogP contribution < -0.4 is 5.56 Å². The zero-order chi connectivity index (χ0) is 16.7. The van der Waals surface area contributed by atoms with E-state index in [0.29, 0.717) is 27.8 Å². The number of rotatable bonds is 2. The number of aromatic nitrogens is 4. The smallest absolute Gasteiger partial charge is 0.279 e. The molecule has 6 heteroatoms. The molecule has 24 heavy (non-hydrogen) atoms. The Labute approximate surface area is 142 Å². The van der Waals surface area contributed by atoms with Gasteiger partial charge in [-0.1, -0.05) is 41.9 Å². The Kier molecular flexibility index (Phi) is 3.43. The Morgan fingerprint density at radius 3 is 2.38 bits per heavy atom. The highest BCUT2D eigenvalue weighted by atomic mass is 35.5. The minimum Gasteiger partial charge on any atom is -0.312 e. The zero-order valence-electron chi connectivity index (χ0n) is 12.8. The first-order valence-corrected chi connectivity index (χ1v) is 7.79. The molecule has 0 radical (unpaired) electrons. The molecule has 0 bridgehead atoms. The lowest BCUT2D eigenvalue weighted by Crippen LogP contribution is -2.10. The molecule has 5 nitrogen and oxygen atoms in total. The molecule has 2 aromatic heterocycles. The van der Waals surface area contributed by atoms with Gasteiger partial charge in [-0.3, -0.25) is 4.79 Å². The van der Waals surface area contributed by atoms with Crippen LogP contribution in [0.3, 0.4) is 0 Å². The van der Waals surface area contributed by atoms with E-state index in [1.54, 1.807) is 12.1 Å². The van der Waals surface area contributed by atoms with E-state index in [9.17, 15) is 4.79 Å². The van der Waals surface area contributed by atoms with Crippen molar-refractivity contribution in [2.75, 3.05) is 0 Å². The molecule has 0 aliphatic heterocycles.